The molecule has 1 aliphatic rings. The molecule has 87 valence electrons. The van der Waals surface area contributed by atoms with Crippen LogP contribution < -0.4 is 5.32 Å². The lowest BCUT2D eigenvalue weighted by Gasteiger charge is -2.21. The predicted octanol–water partition coefficient (Wildman–Crippen LogP) is 2.49. The van der Waals surface area contributed by atoms with E-state index >= 15 is 0 Å². The van der Waals surface area contributed by atoms with E-state index in [0.29, 0.717) is 6.04 Å². The van der Waals surface area contributed by atoms with Gasteiger partial charge in [-0.1, -0.05) is 30.3 Å². The van der Waals surface area contributed by atoms with Gasteiger partial charge in [0.2, 0.25) is 0 Å². The van der Waals surface area contributed by atoms with Crippen molar-refractivity contribution in [3.63, 3.8) is 0 Å². The molecular formula is C14H16N3. The van der Waals surface area contributed by atoms with Crippen LogP contribution in [0.15, 0.2) is 42.7 Å². The SMILES string of the molecule is c1ccc(-c2cnn(C3CC[N]CC3)c2)cc1. The first-order valence-corrected chi connectivity index (χ1v) is 6.16. The Labute approximate surface area is 101 Å². The Kier molecular flexibility index (Phi) is 2.92. The van der Waals surface area contributed by atoms with Crippen LogP contribution in [0.5, 0.6) is 0 Å². The van der Waals surface area contributed by atoms with Gasteiger partial charge in [-0.05, 0) is 18.4 Å². The zero-order valence-corrected chi connectivity index (χ0v) is 9.79. The molecule has 3 heteroatoms. The molecule has 1 saturated heterocycles. The van der Waals surface area contributed by atoms with Crippen LogP contribution in [0.3, 0.4) is 0 Å². The molecular weight excluding hydrogens is 210 g/mol. The molecule has 17 heavy (non-hydrogen) atoms. The third-order valence-electron chi connectivity index (χ3n) is 3.32. The van der Waals surface area contributed by atoms with E-state index in [-0.39, 0.29) is 0 Å². The zero-order valence-electron chi connectivity index (χ0n) is 9.79. The topological polar surface area (TPSA) is 31.9 Å². The smallest absolute Gasteiger partial charge is 0.0568 e. The van der Waals surface area contributed by atoms with Crippen molar-refractivity contribution in [1.82, 2.24) is 15.1 Å². The van der Waals surface area contributed by atoms with Crippen LogP contribution in [0.2, 0.25) is 0 Å². The van der Waals surface area contributed by atoms with Crippen molar-refractivity contribution in [3.05, 3.63) is 42.7 Å². The largest absolute Gasteiger partial charge is 0.269 e. The third kappa shape index (κ3) is 2.24. The van der Waals surface area contributed by atoms with Crippen molar-refractivity contribution in [1.29, 1.82) is 0 Å². The van der Waals surface area contributed by atoms with E-state index in [0.717, 1.165) is 25.9 Å². The minimum Gasteiger partial charge on any atom is -0.269 e. The van der Waals surface area contributed by atoms with Crippen LogP contribution in [0, 0.1) is 0 Å². The molecule has 1 radical (unpaired) electrons. The van der Waals surface area contributed by atoms with Crippen LogP contribution in [0.25, 0.3) is 11.1 Å². The minimum atomic E-state index is 0.532. The summed E-state index contributed by atoms with van der Waals surface area (Å²) in [4.78, 5) is 0. The fraction of sp³-hybridized carbons (Fsp3) is 0.357. The van der Waals surface area contributed by atoms with Crippen molar-refractivity contribution in [3.8, 4) is 11.1 Å². The van der Waals surface area contributed by atoms with Gasteiger partial charge in [-0.3, -0.25) is 4.68 Å². The first kappa shape index (κ1) is 10.5. The van der Waals surface area contributed by atoms with Gasteiger partial charge in [-0.15, -0.1) is 0 Å². The summed E-state index contributed by atoms with van der Waals surface area (Å²) in [6.07, 6.45) is 6.36. The van der Waals surface area contributed by atoms with Gasteiger partial charge in [-0.2, -0.15) is 5.10 Å². The van der Waals surface area contributed by atoms with Crippen LogP contribution in [-0.4, -0.2) is 22.9 Å². The fourth-order valence-corrected chi connectivity index (χ4v) is 2.32. The van der Waals surface area contributed by atoms with E-state index in [1.165, 1.54) is 11.1 Å². The summed E-state index contributed by atoms with van der Waals surface area (Å²) in [5, 5.41) is 8.87. The van der Waals surface area contributed by atoms with Crippen LogP contribution >= 0.6 is 0 Å². The van der Waals surface area contributed by atoms with E-state index in [2.05, 4.69) is 45.6 Å². The monoisotopic (exact) mass is 226 g/mol. The standard InChI is InChI=1S/C14H16N3/c1-2-4-12(5-3-1)13-10-16-17(11-13)14-6-8-15-9-7-14/h1-5,10-11,14H,6-9H2. The Morgan fingerprint density at radius 2 is 1.76 bits per heavy atom. The second-order valence-corrected chi connectivity index (χ2v) is 4.48. The molecule has 2 heterocycles. The van der Waals surface area contributed by atoms with Crippen LogP contribution in [0.4, 0.5) is 0 Å². The normalized spacial score (nSPS) is 17.2. The molecule has 0 amide bonds. The molecule has 0 atom stereocenters. The summed E-state index contributed by atoms with van der Waals surface area (Å²) in [6.45, 7) is 1.95. The summed E-state index contributed by atoms with van der Waals surface area (Å²) in [5.74, 6) is 0. The van der Waals surface area contributed by atoms with Gasteiger partial charge < -0.3 is 0 Å². The van der Waals surface area contributed by atoms with Gasteiger partial charge in [0.1, 0.15) is 0 Å². The quantitative estimate of drug-likeness (QED) is 0.774. The molecule has 0 unspecified atom stereocenters. The zero-order chi connectivity index (χ0) is 11.5. The highest BCUT2D eigenvalue weighted by Gasteiger charge is 2.16. The van der Waals surface area contributed by atoms with Gasteiger partial charge in [0.25, 0.3) is 0 Å². The van der Waals surface area contributed by atoms with Crippen LogP contribution in [-0.2, 0) is 0 Å². The number of benzene rings is 1. The lowest BCUT2D eigenvalue weighted by atomic mass is 10.1. The molecule has 1 aliphatic heterocycles. The Morgan fingerprint density at radius 1 is 1.00 bits per heavy atom. The Morgan fingerprint density at radius 3 is 2.53 bits per heavy atom. The highest BCUT2D eigenvalue weighted by atomic mass is 15.3. The molecule has 1 aromatic carbocycles. The second-order valence-electron chi connectivity index (χ2n) is 4.48. The number of hydrogen-bond acceptors (Lipinski definition) is 1. The molecule has 0 aliphatic carbocycles. The van der Waals surface area contributed by atoms with Gasteiger partial charge in [-0.25, -0.2) is 5.32 Å². The summed E-state index contributed by atoms with van der Waals surface area (Å²) in [6, 6.07) is 10.9. The summed E-state index contributed by atoms with van der Waals surface area (Å²) in [5.41, 5.74) is 2.44. The van der Waals surface area contributed by atoms with Crippen molar-refractivity contribution in [2.45, 2.75) is 18.9 Å². The molecule has 2 aromatic rings. The first-order valence-electron chi connectivity index (χ1n) is 6.16. The molecule has 3 nitrogen and oxygen atoms in total. The van der Waals surface area contributed by atoms with Gasteiger partial charge in [0.05, 0.1) is 12.2 Å². The van der Waals surface area contributed by atoms with E-state index in [1.807, 2.05) is 12.3 Å². The lowest BCUT2D eigenvalue weighted by molar-refractivity contribution is 0.339. The number of aromatic nitrogens is 2. The molecule has 0 saturated carbocycles. The number of rotatable bonds is 2. The molecule has 1 fully saturated rings. The number of piperidine rings is 1. The van der Waals surface area contributed by atoms with E-state index in [4.69, 9.17) is 0 Å². The number of hydrogen-bond donors (Lipinski definition) is 0. The van der Waals surface area contributed by atoms with Crippen molar-refractivity contribution in [2.24, 2.45) is 0 Å². The molecule has 0 bridgehead atoms. The Hall–Kier alpha value is -1.61. The average molecular weight is 226 g/mol. The minimum absolute atomic E-state index is 0.532. The second kappa shape index (κ2) is 4.72. The molecule has 0 N–H and O–H groups in total. The highest BCUT2D eigenvalue weighted by Crippen LogP contribution is 2.23. The maximum Gasteiger partial charge on any atom is 0.0568 e. The molecule has 1 aromatic heterocycles. The van der Waals surface area contributed by atoms with Crippen LogP contribution in [0.1, 0.15) is 18.9 Å². The van der Waals surface area contributed by atoms with Crippen molar-refractivity contribution < 1.29 is 0 Å². The predicted molar refractivity (Wildman–Crippen MR) is 67.8 cm³/mol. The van der Waals surface area contributed by atoms with E-state index < -0.39 is 0 Å². The van der Waals surface area contributed by atoms with Gasteiger partial charge >= 0.3 is 0 Å². The van der Waals surface area contributed by atoms with Crippen molar-refractivity contribution in [2.75, 3.05) is 13.1 Å². The maximum atomic E-state index is 4.49. The Bertz CT molecular complexity index is 469. The Balaban J connectivity index is 1.83. The third-order valence-corrected chi connectivity index (χ3v) is 3.32. The summed E-state index contributed by atoms with van der Waals surface area (Å²) < 4.78 is 2.11. The first-order chi connectivity index (χ1) is 8.43. The van der Waals surface area contributed by atoms with E-state index in [9.17, 15) is 0 Å². The molecule has 3 rings (SSSR count). The summed E-state index contributed by atoms with van der Waals surface area (Å²) >= 11 is 0. The van der Waals surface area contributed by atoms with E-state index in [1.54, 1.807) is 0 Å². The van der Waals surface area contributed by atoms with Crippen molar-refractivity contribution >= 4 is 0 Å². The molecule has 0 spiro atoms. The summed E-state index contributed by atoms with van der Waals surface area (Å²) in [7, 11) is 0. The maximum absolute atomic E-state index is 4.49. The fourth-order valence-electron chi connectivity index (χ4n) is 2.32. The lowest BCUT2D eigenvalue weighted by Crippen LogP contribution is -2.24. The van der Waals surface area contributed by atoms with Gasteiger partial charge in [0, 0.05) is 24.8 Å². The van der Waals surface area contributed by atoms with Gasteiger partial charge in [0.15, 0.2) is 0 Å². The highest BCUT2D eigenvalue weighted by molar-refractivity contribution is 5.61. The number of nitrogens with zero attached hydrogens (tertiary/aromatic N) is 3. The average Bonchev–Trinajstić information content (AvgIpc) is 2.90.